The maximum Gasteiger partial charge on any atom is 0.0193 e. The highest BCUT2D eigenvalue weighted by atomic mass is 15.1. The van der Waals surface area contributed by atoms with Gasteiger partial charge in [-0.3, -0.25) is 4.90 Å². The minimum Gasteiger partial charge on any atom is -0.300 e. The van der Waals surface area contributed by atoms with Crippen LogP contribution in [0.1, 0.15) is 27.2 Å². The van der Waals surface area contributed by atoms with Crippen molar-refractivity contribution < 1.29 is 0 Å². The van der Waals surface area contributed by atoms with Crippen LogP contribution >= 0.6 is 0 Å². The standard InChI is InChI=1S/C11H21N/c1-5-8-11(4)10-12(7-3)9-6-2/h5,8H,1,6-7,9-10H2,2-4H3/b11-8+. The van der Waals surface area contributed by atoms with E-state index in [1.807, 2.05) is 6.08 Å². The van der Waals surface area contributed by atoms with E-state index in [1.54, 1.807) is 0 Å². The maximum absolute atomic E-state index is 3.68. The van der Waals surface area contributed by atoms with Crippen molar-refractivity contribution in [1.29, 1.82) is 0 Å². The summed E-state index contributed by atoms with van der Waals surface area (Å²) in [6.07, 6.45) is 5.17. The van der Waals surface area contributed by atoms with Gasteiger partial charge in [0, 0.05) is 6.54 Å². The molecule has 0 aliphatic heterocycles. The molecule has 0 aromatic heterocycles. The van der Waals surface area contributed by atoms with Crippen LogP contribution in [0.5, 0.6) is 0 Å². The Kier molecular flexibility index (Phi) is 6.78. The molecule has 0 radical (unpaired) electrons. The lowest BCUT2D eigenvalue weighted by molar-refractivity contribution is 0.313. The van der Waals surface area contributed by atoms with Crippen LogP contribution in [0.4, 0.5) is 0 Å². The third-order valence-corrected chi connectivity index (χ3v) is 1.86. The minimum absolute atomic E-state index is 1.08. The molecule has 0 aromatic carbocycles. The molecule has 12 heavy (non-hydrogen) atoms. The smallest absolute Gasteiger partial charge is 0.0193 e. The van der Waals surface area contributed by atoms with Gasteiger partial charge in [-0.1, -0.05) is 38.2 Å². The predicted molar refractivity (Wildman–Crippen MR) is 56.4 cm³/mol. The highest BCUT2D eigenvalue weighted by Crippen LogP contribution is 1.99. The molecular formula is C11H21N. The number of allylic oxidation sites excluding steroid dienone is 2. The second-order valence-corrected chi connectivity index (χ2v) is 3.12. The monoisotopic (exact) mass is 167 g/mol. The summed E-state index contributed by atoms with van der Waals surface area (Å²) in [6, 6.07) is 0. The van der Waals surface area contributed by atoms with E-state index in [2.05, 4.69) is 38.3 Å². The zero-order valence-electron chi connectivity index (χ0n) is 8.64. The highest BCUT2D eigenvalue weighted by molar-refractivity contribution is 5.09. The van der Waals surface area contributed by atoms with E-state index in [0.29, 0.717) is 0 Å². The Morgan fingerprint density at radius 2 is 2.08 bits per heavy atom. The number of hydrogen-bond acceptors (Lipinski definition) is 1. The molecule has 0 amide bonds. The van der Waals surface area contributed by atoms with Crippen LogP contribution in [0.25, 0.3) is 0 Å². The Bertz CT molecular complexity index is 147. The molecule has 0 heterocycles. The van der Waals surface area contributed by atoms with Gasteiger partial charge in [0.15, 0.2) is 0 Å². The van der Waals surface area contributed by atoms with Crippen LogP contribution in [-0.2, 0) is 0 Å². The molecule has 0 atom stereocenters. The first-order valence-electron chi connectivity index (χ1n) is 4.75. The molecule has 0 saturated heterocycles. The van der Waals surface area contributed by atoms with E-state index in [-0.39, 0.29) is 0 Å². The summed E-state index contributed by atoms with van der Waals surface area (Å²) >= 11 is 0. The number of nitrogens with zero attached hydrogens (tertiary/aromatic N) is 1. The average Bonchev–Trinajstić information content (AvgIpc) is 2.04. The summed E-state index contributed by atoms with van der Waals surface area (Å²) in [6.45, 7) is 13.7. The first kappa shape index (κ1) is 11.4. The second-order valence-electron chi connectivity index (χ2n) is 3.12. The lowest BCUT2D eigenvalue weighted by atomic mass is 10.2. The van der Waals surface area contributed by atoms with Crippen molar-refractivity contribution in [2.45, 2.75) is 27.2 Å². The van der Waals surface area contributed by atoms with E-state index in [0.717, 1.165) is 13.1 Å². The van der Waals surface area contributed by atoms with Gasteiger partial charge in [0.1, 0.15) is 0 Å². The molecule has 70 valence electrons. The topological polar surface area (TPSA) is 3.24 Å². The lowest BCUT2D eigenvalue weighted by Gasteiger charge is -2.19. The molecule has 0 spiro atoms. The number of hydrogen-bond donors (Lipinski definition) is 0. The number of rotatable bonds is 6. The minimum atomic E-state index is 1.08. The van der Waals surface area contributed by atoms with Crippen LogP contribution in [0.15, 0.2) is 24.3 Å². The molecule has 0 fully saturated rings. The van der Waals surface area contributed by atoms with Gasteiger partial charge in [-0.25, -0.2) is 0 Å². The fraction of sp³-hybridized carbons (Fsp3) is 0.636. The van der Waals surface area contributed by atoms with Crippen LogP contribution in [0, 0.1) is 0 Å². The number of likely N-dealkylation sites (N-methyl/N-ethyl adjacent to an activating group) is 1. The molecule has 0 aliphatic carbocycles. The van der Waals surface area contributed by atoms with Crippen LogP contribution in [-0.4, -0.2) is 24.5 Å². The zero-order valence-corrected chi connectivity index (χ0v) is 8.64. The summed E-state index contributed by atoms with van der Waals surface area (Å²) in [7, 11) is 0. The van der Waals surface area contributed by atoms with E-state index < -0.39 is 0 Å². The predicted octanol–water partition coefficient (Wildman–Crippen LogP) is 2.85. The van der Waals surface area contributed by atoms with Gasteiger partial charge in [-0.05, 0) is 26.4 Å². The summed E-state index contributed by atoms with van der Waals surface area (Å²) < 4.78 is 0. The summed E-state index contributed by atoms with van der Waals surface area (Å²) in [4.78, 5) is 2.44. The fourth-order valence-electron chi connectivity index (χ4n) is 1.27. The fourth-order valence-corrected chi connectivity index (χ4v) is 1.27. The van der Waals surface area contributed by atoms with E-state index in [4.69, 9.17) is 0 Å². The van der Waals surface area contributed by atoms with Gasteiger partial charge in [0.25, 0.3) is 0 Å². The zero-order chi connectivity index (χ0) is 9.40. The first-order chi connectivity index (χ1) is 5.74. The summed E-state index contributed by atoms with van der Waals surface area (Å²) in [5, 5.41) is 0. The quantitative estimate of drug-likeness (QED) is 0.550. The third-order valence-electron chi connectivity index (χ3n) is 1.86. The third kappa shape index (κ3) is 5.14. The van der Waals surface area contributed by atoms with Gasteiger partial charge in [-0.2, -0.15) is 0 Å². The van der Waals surface area contributed by atoms with E-state index in [1.165, 1.54) is 18.5 Å². The Morgan fingerprint density at radius 3 is 2.50 bits per heavy atom. The highest BCUT2D eigenvalue weighted by Gasteiger charge is 1.99. The van der Waals surface area contributed by atoms with Crippen molar-refractivity contribution >= 4 is 0 Å². The van der Waals surface area contributed by atoms with Crippen LogP contribution in [0.2, 0.25) is 0 Å². The molecule has 1 heteroatoms. The SMILES string of the molecule is C=C/C=C(\C)CN(CC)CCC. The molecule has 0 bridgehead atoms. The van der Waals surface area contributed by atoms with Crippen LogP contribution < -0.4 is 0 Å². The van der Waals surface area contributed by atoms with E-state index >= 15 is 0 Å². The molecule has 0 saturated carbocycles. The van der Waals surface area contributed by atoms with Crippen LogP contribution in [0.3, 0.4) is 0 Å². The van der Waals surface area contributed by atoms with Crippen molar-refractivity contribution in [2.75, 3.05) is 19.6 Å². The average molecular weight is 167 g/mol. The van der Waals surface area contributed by atoms with E-state index in [9.17, 15) is 0 Å². The van der Waals surface area contributed by atoms with Crippen molar-refractivity contribution in [3.05, 3.63) is 24.3 Å². The Labute approximate surface area is 76.8 Å². The largest absolute Gasteiger partial charge is 0.300 e. The van der Waals surface area contributed by atoms with Gasteiger partial charge >= 0.3 is 0 Å². The van der Waals surface area contributed by atoms with Crippen molar-refractivity contribution in [3.8, 4) is 0 Å². The van der Waals surface area contributed by atoms with Gasteiger partial charge < -0.3 is 0 Å². The molecular weight excluding hydrogens is 146 g/mol. The van der Waals surface area contributed by atoms with Crippen molar-refractivity contribution in [3.63, 3.8) is 0 Å². The summed E-state index contributed by atoms with van der Waals surface area (Å²) in [5.41, 5.74) is 1.39. The van der Waals surface area contributed by atoms with Crippen molar-refractivity contribution in [2.24, 2.45) is 0 Å². The van der Waals surface area contributed by atoms with Crippen molar-refractivity contribution in [1.82, 2.24) is 4.90 Å². The Balaban J connectivity index is 3.83. The molecule has 0 rings (SSSR count). The second kappa shape index (κ2) is 7.11. The summed E-state index contributed by atoms with van der Waals surface area (Å²) in [5.74, 6) is 0. The van der Waals surface area contributed by atoms with Gasteiger partial charge in [-0.15, -0.1) is 0 Å². The van der Waals surface area contributed by atoms with Gasteiger partial charge in [0.05, 0.1) is 0 Å². The molecule has 0 aliphatic rings. The first-order valence-corrected chi connectivity index (χ1v) is 4.75. The Hall–Kier alpha value is -0.560. The Morgan fingerprint density at radius 1 is 1.42 bits per heavy atom. The molecule has 1 nitrogen and oxygen atoms in total. The normalized spacial score (nSPS) is 12.2. The molecule has 0 N–H and O–H groups in total. The molecule has 0 unspecified atom stereocenters. The van der Waals surface area contributed by atoms with Gasteiger partial charge in [0.2, 0.25) is 0 Å². The maximum atomic E-state index is 3.68. The lowest BCUT2D eigenvalue weighted by Crippen LogP contribution is -2.25. The molecule has 0 aromatic rings.